The fourth-order valence-corrected chi connectivity index (χ4v) is 1.86. The molecule has 0 aliphatic heterocycles. The summed E-state index contributed by atoms with van der Waals surface area (Å²) in [5.74, 6) is -1.24. The molecule has 2 atom stereocenters. The number of halogens is 2. The van der Waals surface area contributed by atoms with Gasteiger partial charge in [-0.05, 0) is 24.1 Å². The minimum atomic E-state index is -1.07. The van der Waals surface area contributed by atoms with Gasteiger partial charge in [0.05, 0.1) is 10.0 Å². The van der Waals surface area contributed by atoms with Gasteiger partial charge >= 0.3 is 12.0 Å². The Balaban J connectivity index is 2.70. The van der Waals surface area contributed by atoms with Gasteiger partial charge in [-0.3, -0.25) is 0 Å². The molecule has 0 saturated carbocycles. The number of nitrogens with one attached hydrogen (secondary N) is 2. The maximum atomic E-state index is 11.8. The summed E-state index contributed by atoms with van der Waals surface area (Å²) in [5.41, 5.74) is 0.435. The van der Waals surface area contributed by atoms with Gasteiger partial charge in [-0.1, -0.05) is 43.5 Å². The molecule has 0 spiro atoms. The smallest absolute Gasteiger partial charge is 0.326 e. The Labute approximate surface area is 127 Å². The molecular formula is C13H16Cl2N2O3. The summed E-state index contributed by atoms with van der Waals surface area (Å²) >= 11 is 11.6. The van der Waals surface area contributed by atoms with Crippen LogP contribution in [-0.2, 0) is 4.79 Å². The van der Waals surface area contributed by atoms with Gasteiger partial charge in [0.25, 0.3) is 0 Å². The highest BCUT2D eigenvalue weighted by molar-refractivity contribution is 6.42. The Morgan fingerprint density at radius 2 is 1.95 bits per heavy atom. The SMILES string of the molecule is CCC(C)[C@H](NC(=O)Nc1ccc(Cl)c(Cl)c1)C(=O)O. The Hall–Kier alpha value is -1.46. The highest BCUT2D eigenvalue weighted by Crippen LogP contribution is 2.24. The molecule has 5 nitrogen and oxygen atoms in total. The first-order chi connectivity index (χ1) is 9.35. The van der Waals surface area contributed by atoms with Gasteiger partial charge in [-0.2, -0.15) is 0 Å². The number of carboxylic acids is 1. The average Bonchev–Trinajstić information content (AvgIpc) is 2.39. The maximum absolute atomic E-state index is 11.8. The number of carbonyl (C=O) groups excluding carboxylic acids is 1. The summed E-state index contributed by atoms with van der Waals surface area (Å²) in [5, 5.41) is 14.7. The van der Waals surface area contributed by atoms with Gasteiger partial charge in [0.1, 0.15) is 6.04 Å². The van der Waals surface area contributed by atoms with Gasteiger partial charge in [-0.25, -0.2) is 9.59 Å². The summed E-state index contributed by atoms with van der Waals surface area (Å²) in [7, 11) is 0. The predicted molar refractivity (Wildman–Crippen MR) is 79.5 cm³/mol. The third kappa shape index (κ3) is 4.58. The predicted octanol–water partition coefficient (Wildman–Crippen LogP) is 3.61. The Kier molecular flexibility index (Phi) is 6.10. The molecule has 1 rings (SSSR count). The van der Waals surface area contributed by atoms with Crippen LogP contribution in [0.4, 0.5) is 10.5 Å². The van der Waals surface area contributed by atoms with Crippen molar-refractivity contribution in [2.45, 2.75) is 26.3 Å². The molecule has 20 heavy (non-hydrogen) atoms. The molecule has 2 amide bonds. The van der Waals surface area contributed by atoms with Crippen molar-refractivity contribution in [2.24, 2.45) is 5.92 Å². The average molecular weight is 319 g/mol. The summed E-state index contributed by atoms with van der Waals surface area (Å²) in [4.78, 5) is 22.9. The van der Waals surface area contributed by atoms with Gasteiger partial charge in [0.2, 0.25) is 0 Å². The lowest BCUT2D eigenvalue weighted by atomic mass is 9.99. The number of hydrogen-bond acceptors (Lipinski definition) is 2. The van der Waals surface area contributed by atoms with Crippen LogP contribution < -0.4 is 10.6 Å². The highest BCUT2D eigenvalue weighted by atomic mass is 35.5. The van der Waals surface area contributed by atoms with Crippen LogP contribution in [0.15, 0.2) is 18.2 Å². The first kappa shape index (κ1) is 16.6. The molecule has 1 aromatic rings. The first-order valence-corrected chi connectivity index (χ1v) is 6.86. The second-order valence-electron chi connectivity index (χ2n) is 4.43. The van der Waals surface area contributed by atoms with Gasteiger partial charge in [0.15, 0.2) is 0 Å². The van der Waals surface area contributed by atoms with Gasteiger partial charge in [-0.15, -0.1) is 0 Å². The number of urea groups is 1. The molecule has 0 bridgehead atoms. The largest absolute Gasteiger partial charge is 0.480 e. The van der Waals surface area contributed by atoms with Crippen molar-refractivity contribution in [3.05, 3.63) is 28.2 Å². The summed E-state index contributed by atoms with van der Waals surface area (Å²) in [6, 6.07) is 3.07. The fraction of sp³-hybridized carbons (Fsp3) is 0.385. The zero-order chi connectivity index (χ0) is 15.3. The fourth-order valence-electron chi connectivity index (χ4n) is 1.57. The molecule has 0 radical (unpaired) electrons. The minimum absolute atomic E-state index is 0.174. The van der Waals surface area contributed by atoms with Crippen LogP contribution in [-0.4, -0.2) is 23.1 Å². The number of rotatable bonds is 5. The van der Waals surface area contributed by atoms with Crippen LogP contribution in [0.3, 0.4) is 0 Å². The number of anilines is 1. The Morgan fingerprint density at radius 1 is 1.30 bits per heavy atom. The highest BCUT2D eigenvalue weighted by Gasteiger charge is 2.25. The van der Waals surface area contributed by atoms with E-state index in [1.807, 2.05) is 6.92 Å². The van der Waals surface area contributed by atoms with Crippen molar-refractivity contribution < 1.29 is 14.7 Å². The van der Waals surface area contributed by atoms with Crippen molar-refractivity contribution >= 4 is 40.9 Å². The zero-order valence-electron chi connectivity index (χ0n) is 11.1. The zero-order valence-corrected chi connectivity index (χ0v) is 12.6. The lowest BCUT2D eigenvalue weighted by Gasteiger charge is -2.20. The molecule has 3 N–H and O–H groups in total. The van der Waals surface area contributed by atoms with Crippen LogP contribution in [0.1, 0.15) is 20.3 Å². The molecule has 110 valence electrons. The monoisotopic (exact) mass is 318 g/mol. The number of aliphatic carboxylic acids is 1. The van der Waals surface area contributed by atoms with Crippen molar-refractivity contribution in [3.63, 3.8) is 0 Å². The van der Waals surface area contributed by atoms with Crippen molar-refractivity contribution in [3.8, 4) is 0 Å². The molecule has 0 aliphatic rings. The number of hydrogen-bond donors (Lipinski definition) is 3. The second kappa shape index (κ2) is 7.36. The van der Waals surface area contributed by atoms with Crippen LogP contribution in [0, 0.1) is 5.92 Å². The summed E-state index contributed by atoms with van der Waals surface area (Å²) < 4.78 is 0. The van der Waals surface area contributed by atoms with E-state index in [-0.39, 0.29) is 5.92 Å². The molecular weight excluding hydrogens is 303 g/mol. The van der Waals surface area contributed by atoms with Crippen LogP contribution in [0.25, 0.3) is 0 Å². The summed E-state index contributed by atoms with van der Waals surface area (Å²) in [6.07, 6.45) is 0.643. The normalized spacial score (nSPS) is 13.4. The quantitative estimate of drug-likeness (QED) is 0.775. The van der Waals surface area contributed by atoms with Crippen LogP contribution >= 0.6 is 23.2 Å². The van der Waals surface area contributed by atoms with Crippen LogP contribution in [0.2, 0.25) is 10.0 Å². The number of carboxylic acid groups (broad SMARTS) is 1. The molecule has 1 unspecified atom stereocenters. The standard InChI is InChI=1S/C13H16Cl2N2O3/c1-3-7(2)11(12(18)19)17-13(20)16-8-4-5-9(14)10(15)6-8/h4-7,11H,3H2,1-2H3,(H,18,19)(H2,16,17,20)/t7?,11-/m0/s1. The van der Waals surface area contributed by atoms with Crippen molar-refractivity contribution in [1.82, 2.24) is 5.32 Å². The van der Waals surface area contributed by atoms with E-state index in [1.165, 1.54) is 6.07 Å². The summed E-state index contributed by atoms with van der Waals surface area (Å²) in [6.45, 7) is 3.62. The lowest BCUT2D eigenvalue weighted by Crippen LogP contribution is -2.46. The van der Waals surface area contributed by atoms with Crippen molar-refractivity contribution in [2.75, 3.05) is 5.32 Å². The van der Waals surface area contributed by atoms with E-state index in [9.17, 15) is 9.59 Å². The molecule has 1 aromatic carbocycles. The van der Waals surface area contributed by atoms with Crippen LogP contribution in [0.5, 0.6) is 0 Å². The van der Waals surface area contributed by atoms with E-state index < -0.39 is 18.0 Å². The molecule has 0 aliphatic carbocycles. The number of amides is 2. The maximum Gasteiger partial charge on any atom is 0.326 e. The Bertz CT molecular complexity index is 508. The van der Waals surface area contributed by atoms with Gasteiger partial charge in [0, 0.05) is 5.69 Å². The van der Waals surface area contributed by atoms with E-state index in [0.29, 0.717) is 22.2 Å². The minimum Gasteiger partial charge on any atom is -0.480 e. The Morgan fingerprint density at radius 3 is 2.45 bits per heavy atom. The van der Waals surface area contributed by atoms with E-state index in [0.717, 1.165) is 0 Å². The molecule has 0 heterocycles. The molecule has 7 heteroatoms. The van der Waals surface area contributed by atoms with E-state index in [4.69, 9.17) is 28.3 Å². The van der Waals surface area contributed by atoms with E-state index in [1.54, 1.807) is 19.1 Å². The van der Waals surface area contributed by atoms with Gasteiger partial charge < -0.3 is 15.7 Å². The lowest BCUT2D eigenvalue weighted by molar-refractivity contribution is -0.140. The third-order valence-corrected chi connectivity index (χ3v) is 3.68. The molecule has 0 aromatic heterocycles. The van der Waals surface area contributed by atoms with E-state index >= 15 is 0 Å². The van der Waals surface area contributed by atoms with E-state index in [2.05, 4.69) is 10.6 Å². The van der Waals surface area contributed by atoms with Crippen molar-refractivity contribution in [1.29, 1.82) is 0 Å². The topological polar surface area (TPSA) is 78.4 Å². The first-order valence-electron chi connectivity index (χ1n) is 6.10. The third-order valence-electron chi connectivity index (χ3n) is 2.94. The number of benzene rings is 1. The molecule has 0 fully saturated rings. The number of carbonyl (C=O) groups is 2. The molecule has 0 saturated heterocycles. The second-order valence-corrected chi connectivity index (χ2v) is 5.24.